The maximum atomic E-state index is 7.01. The van der Waals surface area contributed by atoms with Crippen LogP contribution in [0.15, 0.2) is 35.7 Å². The summed E-state index contributed by atoms with van der Waals surface area (Å²) in [6, 6.07) is 9.79. The first kappa shape index (κ1) is 11.3. The molecular formula is C14H11NO2S. The van der Waals surface area contributed by atoms with Gasteiger partial charge in [0, 0.05) is 5.56 Å². The van der Waals surface area contributed by atoms with Crippen LogP contribution < -0.4 is 4.74 Å². The monoisotopic (exact) mass is 257 g/mol. The Morgan fingerprint density at radius 3 is 3.00 bits per heavy atom. The van der Waals surface area contributed by atoms with Crippen LogP contribution in [0.4, 0.5) is 5.00 Å². The molecule has 1 saturated heterocycles. The van der Waals surface area contributed by atoms with Crippen molar-refractivity contribution in [3.8, 4) is 16.9 Å². The number of rotatable bonds is 4. The molecule has 0 bridgehead atoms. The van der Waals surface area contributed by atoms with Gasteiger partial charge < -0.3 is 9.47 Å². The maximum Gasteiger partial charge on any atom is 0.241 e. The minimum atomic E-state index is 0.249. The van der Waals surface area contributed by atoms with E-state index in [0.717, 1.165) is 23.5 Å². The Labute approximate surface area is 109 Å². The van der Waals surface area contributed by atoms with Crippen LogP contribution in [-0.2, 0) is 4.74 Å². The number of epoxide rings is 1. The van der Waals surface area contributed by atoms with Gasteiger partial charge in [0.2, 0.25) is 5.00 Å². The second kappa shape index (κ2) is 4.81. The van der Waals surface area contributed by atoms with E-state index >= 15 is 0 Å². The number of hydrogen-bond acceptors (Lipinski definition) is 3. The zero-order chi connectivity index (χ0) is 12.4. The summed E-state index contributed by atoms with van der Waals surface area (Å²) in [5, 5.41) is 2.69. The maximum absolute atomic E-state index is 7.01. The fraction of sp³-hybridized carbons (Fsp3) is 0.214. The predicted octanol–water partition coefficient (Wildman–Crippen LogP) is 3.74. The molecule has 1 fully saturated rings. The summed E-state index contributed by atoms with van der Waals surface area (Å²) in [5.74, 6) is 0.849. The molecule has 3 rings (SSSR count). The van der Waals surface area contributed by atoms with Crippen LogP contribution in [0.1, 0.15) is 0 Å². The third kappa shape index (κ3) is 2.37. The quantitative estimate of drug-likeness (QED) is 0.616. The van der Waals surface area contributed by atoms with Gasteiger partial charge in [0.15, 0.2) is 0 Å². The van der Waals surface area contributed by atoms with Gasteiger partial charge in [-0.2, -0.15) is 11.3 Å². The van der Waals surface area contributed by atoms with Crippen molar-refractivity contribution in [2.75, 3.05) is 13.2 Å². The summed E-state index contributed by atoms with van der Waals surface area (Å²) >= 11 is 1.46. The molecule has 3 nitrogen and oxygen atoms in total. The first-order chi connectivity index (χ1) is 8.86. The molecule has 2 aromatic rings. The molecule has 2 heterocycles. The number of ether oxygens (including phenoxy) is 2. The van der Waals surface area contributed by atoms with Crippen molar-refractivity contribution in [3.63, 3.8) is 0 Å². The first-order valence-electron chi connectivity index (χ1n) is 5.66. The highest BCUT2D eigenvalue weighted by molar-refractivity contribution is 7.14. The number of thiophene rings is 1. The van der Waals surface area contributed by atoms with Crippen LogP contribution in [0.3, 0.4) is 0 Å². The van der Waals surface area contributed by atoms with E-state index in [-0.39, 0.29) is 6.10 Å². The third-order valence-electron chi connectivity index (χ3n) is 2.72. The highest BCUT2D eigenvalue weighted by Crippen LogP contribution is 2.36. The Morgan fingerprint density at radius 1 is 1.44 bits per heavy atom. The molecule has 4 heteroatoms. The van der Waals surface area contributed by atoms with Gasteiger partial charge >= 0.3 is 0 Å². The lowest BCUT2D eigenvalue weighted by molar-refractivity contribution is 0.264. The van der Waals surface area contributed by atoms with Crippen molar-refractivity contribution in [3.05, 3.63) is 47.1 Å². The summed E-state index contributed by atoms with van der Waals surface area (Å²) in [7, 11) is 0. The molecule has 1 aliphatic heterocycles. The Kier molecular flexibility index (Phi) is 3.01. The van der Waals surface area contributed by atoms with E-state index in [0.29, 0.717) is 11.6 Å². The number of hydrogen-bond donors (Lipinski definition) is 0. The fourth-order valence-corrected chi connectivity index (χ4v) is 2.39. The molecule has 0 N–H and O–H groups in total. The lowest BCUT2D eigenvalue weighted by atomic mass is 10.1. The molecule has 0 amide bonds. The lowest BCUT2D eigenvalue weighted by Crippen LogP contribution is -2.04. The van der Waals surface area contributed by atoms with Gasteiger partial charge in [-0.1, -0.05) is 18.2 Å². The van der Waals surface area contributed by atoms with Crippen molar-refractivity contribution in [2.24, 2.45) is 0 Å². The second-order valence-electron chi connectivity index (χ2n) is 4.05. The number of para-hydroxylation sites is 1. The van der Waals surface area contributed by atoms with Crippen LogP contribution >= 0.6 is 11.3 Å². The highest BCUT2D eigenvalue weighted by atomic mass is 32.1. The van der Waals surface area contributed by atoms with Gasteiger partial charge in [-0.15, -0.1) is 0 Å². The van der Waals surface area contributed by atoms with E-state index in [1.54, 1.807) is 0 Å². The molecule has 0 spiro atoms. The molecular weight excluding hydrogens is 246 g/mol. The van der Waals surface area contributed by atoms with Gasteiger partial charge in [-0.25, -0.2) is 4.85 Å². The first-order valence-corrected chi connectivity index (χ1v) is 6.54. The number of nitrogens with zero attached hydrogens (tertiary/aromatic N) is 1. The van der Waals surface area contributed by atoms with Gasteiger partial charge in [0.05, 0.1) is 13.2 Å². The molecule has 1 aromatic heterocycles. The molecule has 90 valence electrons. The van der Waals surface area contributed by atoms with Crippen LogP contribution in [-0.4, -0.2) is 19.3 Å². The van der Waals surface area contributed by atoms with Gasteiger partial charge in [0.1, 0.15) is 18.5 Å². The van der Waals surface area contributed by atoms with Crippen LogP contribution in [0, 0.1) is 6.57 Å². The van der Waals surface area contributed by atoms with Crippen molar-refractivity contribution >= 4 is 16.3 Å². The predicted molar refractivity (Wildman–Crippen MR) is 71.3 cm³/mol. The molecule has 0 radical (unpaired) electrons. The Hall–Kier alpha value is -1.83. The summed E-state index contributed by atoms with van der Waals surface area (Å²) < 4.78 is 10.9. The molecule has 0 aliphatic carbocycles. The van der Waals surface area contributed by atoms with E-state index in [1.165, 1.54) is 11.3 Å². The van der Waals surface area contributed by atoms with Gasteiger partial charge in [0.25, 0.3) is 0 Å². The SMILES string of the molecule is [C-]#[N+]c1cc(-c2ccccc2OC[C@@H]2CO2)cs1. The van der Waals surface area contributed by atoms with Crippen molar-refractivity contribution in [1.29, 1.82) is 0 Å². The van der Waals surface area contributed by atoms with E-state index < -0.39 is 0 Å². The Bertz CT molecular complexity index is 596. The topological polar surface area (TPSA) is 26.1 Å². The number of benzene rings is 1. The summed E-state index contributed by atoms with van der Waals surface area (Å²) in [5.41, 5.74) is 2.07. The van der Waals surface area contributed by atoms with Crippen molar-refractivity contribution < 1.29 is 9.47 Å². The Balaban J connectivity index is 1.87. The minimum Gasteiger partial charge on any atom is -0.490 e. The zero-order valence-corrected chi connectivity index (χ0v) is 10.4. The van der Waals surface area contributed by atoms with E-state index in [4.69, 9.17) is 16.0 Å². The lowest BCUT2D eigenvalue weighted by Gasteiger charge is -2.09. The van der Waals surface area contributed by atoms with Crippen molar-refractivity contribution in [1.82, 2.24) is 0 Å². The van der Waals surface area contributed by atoms with Gasteiger partial charge in [-0.3, -0.25) is 0 Å². The van der Waals surface area contributed by atoms with E-state index in [2.05, 4.69) is 4.85 Å². The molecule has 0 unspecified atom stereocenters. The largest absolute Gasteiger partial charge is 0.490 e. The van der Waals surface area contributed by atoms with Gasteiger partial charge in [-0.05, 0) is 23.1 Å². The standard InChI is InChI=1S/C14H11NO2S/c1-15-14-6-10(9-18-14)12-4-2-3-5-13(12)17-8-11-7-16-11/h2-6,9,11H,7-8H2/t11-/m0/s1. The minimum absolute atomic E-state index is 0.249. The molecule has 1 atom stereocenters. The summed E-state index contributed by atoms with van der Waals surface area (Å²) in [4.78, 5) is 3.44. The highest BCUT2D eigenvalue weighted by Gasteiger charge is 2.23. The molecule has 18 heavy (non-hydrogen) atoms. The van der Waals surface area contributed by atoms with Crippen LogP contribution in [0.25, 0.3) is 16.0 Å². The van der Waals surface area contributed by atoms with Crippen LogP contribution in [0.5, 0.6) is 5.75 Å². The molecule has 0 saturated carbocycles. The third-order valence-corrected chi connectivity index (χ3v) is 3.54. The summed E-state index contributed by atoms with van der Waals surface area (Å²) in [6.45, 7) is 8.39. The average Bonchev–Trinajstić information content (AvgIpc) is 3.12. The van der Waals surface area contributed by atoms with E-state index in [9.17, 15) is 0 Å². The second-order valence-corrected chi connectivity index (χ2v) is 4.94. The molecule has 1 aromatic carbocycles. The average molecular weight is 257 g/mol. The zero-order valence-electron chi connectivity index (χ0n) is 9.63. The Morgan fingerprint density at radius 2 is 2.28 bits per heavy atom. The van der Waals surface area contributed by atoms with Crippen LogP contribution in [0.2, 0.25) is 0 Å². The normalized spacial score (nSPS) is 17.2. The summed E-state index contributed by atoms with van der Waals surface area (Å²) in [6.07, 6.45) is 0.249. The van der Waals surface area contributed by atoms with E-state index in [1.807, 2.05) is 35.7 Å². The van der Waals surface area contributed by atoms with Crippen molar-refractivity contribution in [2.45, 2.75) is 6.10 Å². The fourth-order valence-electron chi connectivity index (χ4n) is 1.70. The smallest absolute Gasteiger partial charge is 0.241 e. The molecule has 1 aliphatic rings.